The molecule has 0 aromatic heterocycles. The highest BCUT2D eigenvalue weighted by atomic mass is 28.5. The van der Waals surface area contributed by atoms with Crippen molar-refractivity contribution in [2.45, 2.75) is 187 Å². The topological polar surface area (TPSA) is 83.1 Å². The van der Waals surface area contributed by atoms with Gasteiger partial charge >= 0.3 is 25.7 Å². The predicted octanol–water partition coefficient (Wildman–Crippen LogP) is 11.6. The van der Waals surface area contributed by atoms with Crippen LogP contribution in [0, 0.1) is 0 Å². The first kappa shape index (κ1) is 53.9. The molecule has 0 fully saturated rings. The zero-order chi connectivity index (χ0) is 40.3. The standard InChI is InChI=1S/C38H90O9Si6/c1-15-16-17-18-22-25-36-51(12,44-48(4,5)6)46-53(14,38-27-28-41-31-32-43-34-33-42-30-29-39-2)47-52(13,45-49(7,8)9)37-26-23-20-19-21-24-35-50(10,11)40-3/h15-38H2,1-14H3. The summed E-state index contributed by atoms with van der Waals surface area (Å²) < 4.78 is 57.1. The summed E-state index contributed by atoms with van der Waals surface area (Å²) in [4.78, 5) is 0. The van der Waals surface area contributed by atoms with Crippen LogP contribution in [-0.2, 0) is 39.8 Å². The van der Waals surface area contributed by atoms with Crippen molar-refractivity contribution in [2.24, 2.45) is 0 Å². The van der Waals surface area contributed by atoms with Gasteiger partial charge in [-0.1, -0.05) is 84.0 Å². The Labute approximate surface area is 336 Å². The molecule has 0 aliphatic carbocycles. The van der Waals surface area contributed by atoms with Crippen molar-refractivity contribution in [3.05, 3.63) is 0 Å². The van der Waals surface area contributed by atoms with E-state index in [0.29, 0.717) is 46.2 Å². The monoisotopic (exact) mass is 859 g/mol. The average Bonchev–Trinajstić information content (AvgIpc) is 3.02. The zero-order valence-corrected chi connectivity index (χ0v) is 43.6. The number of hydrogen-bond acceptors (Lipinski definition) is 9. The van der Waals surface area contributed by atoms with Crippen molar-refractivity contribution in [1.29, 1.82) is 0 Å². The minimum atomic E-state index is -2.73. The third-order valence-electron chi connectivity index (χ3n) is 9.20. The van der Waals surface area contributed by atoms with E-state index in [0.717, 1.165) is 37.4 Å². The van der Waals surface area contributed by atoms with Gasteiger partial charge in [-0.3, -0.25) is 0 Å². The molecule has 0 aromatic carbocycles. The van der Waals surface area contributed by atoms with Gasteiger partial charge in [-0.2, -0.15) is 0 Å². The summed E-state index contributed by atoms with van der Waals surface area (Å²) in [5.41, 5.74) is 0. The molecule has 0 radical (unpaired) electrons. The van der Waals surface area contributed by atoms with E-state index in [2.05, 4.69) is 78.9 Å². The van der Waals surface area contributed by atoms with E-state index in [9.17, 15) is 0 Å². The summed E-state index contributed by atoms with van der Waals surface area (Å²) >= 11 is 0. The first-order valence-electron chi connectivity index (χ1n) is 21.3. The molecule has 3 unspecified atom stereocenters. The Morgan fingerprint density at radius 2 is 0.679 bits per heavy atom. The minimum Gasteiger partial charge on any atom is -0.437 e. The zero-order valence-electron chi connectivity index (χ0n) is 37.6. The maximum atomic E-state index is 7.49. The fourth-order valence-electron chi connectivity index (χ4n) is 6.79. The highest BCUT2D eigenvalue weighted by Gasteiger charge is 2.50. The molecule has 0 rings (SSSR count). The number of unbranched alkanes of at least 4 members (excludes halogenated alkanes) is 10. The smallest absolute Gasteiger partial charge is 0.317 e. The first-order chi connectivity index (χ1) is 24.7. The van der Waals surface area contributed by atoms with Crippen molar-refractivity contribution in [3.8, 4) is 0 Å². The van der Waals surface area contributed by atoms with Crippen molar-refractivity contribution < 1.29 is 39.8 Å². The number of ether oxygens (including phenoxy) is 4. The van der Waals surface area contributed by atoms with Crippen LogP contribution in [0.3, 0.4) is 0 Å². The van der Waals surface area contributed by atoms with Crippen LogP contribution in [0.2, 0.25) is 96.2 Å². The van der Waals surface area contributed by atoms with Gasteiger partial charge in [-0.15, -0.1) is 0 Å². The molecule has 0 saturated heterocycles. The quantitative estimate of drug-likeness (QED) is 0.0445. The summed E-state index contributed by atoms with van der Waals surface area (Å²) in [7, 11) is -9.45. The van der Waals surface area contributed by atoms with Crippen LogP contribution in [0.15, 0.2) is 0 Å². The second-order valence-electron chi connectivity index (χ2n) is 18.1. The average molecular weight is 860 g/mol. The highest BCUT2D eigenvalue weighted by Crippen LogP contribution is 2.34. The number of hydrogen-bond donors (Lipinski definition) is 0. The van der Waals surface area contributed by atoms with Gasteiger partial charge in [0.25, 0.3) is 0 Å². The Bertz CT molecular complexity index is 880. The third-order valence-corrected chi connectivity index (χ3v) is 30.9. The Morgan fingerprint density at radius 3 is 1.08 bits per heavy atom. The Kier molecular flexibility index (Phi) is 29.7. The van der Waals surface area contributed by atoms with E-state index in [-0.39, 0.29) is 0 Å². The van der Waals surface area contributed by atoms with Crippen LogP contribution in [-0.4, -0.2) is 111 Å². The summed E-state index contributed by atoms with van der Waals surface area (Å²) in [5.74, 6) is 0. The summed E-state index contributed by atoms with van der Waals surface area (Å²) in [6, 6.07) is 4.16. The van der Waals surface area contributed by atoms with Crippen LogP contribution in [0.5, 0.6) is 0 Å². The van der Waals surface area contributed by atoms with E-state index in [1.165, 1.54) is 70.3 Å². The Hall–Kier alpha value is 0.941. The van der Waals surface area contributed by atoms with Crippen molar-refractivity contribution in [2.75, 3.05) is 60.5 Å². The van der Waals surface area contributed by atoms with Gasteiger partial charge in [0.05, 0.1) is 39.6 Å². The maximum Gasteiger partial charge on any atom is 0.317 e. The van der Waals surface area contributed by atoms with Gasteiger partial charge < -0.3 is 39.8 Å². The van der Waals surface area contributed by atoms with E-state index in [1.54, 1.807) is 7.11 Å². The Balaban J connectivity index is 5.70. The third kappa shape index (κ3) is 32.6. The van der Waals surface area contributed by atoms with Crippen molar-refractivity contribution in [1.82, 2.24) is 0 Å². The molecule has 0 aliphatic rings. The molecule has 0 bridgehead atoms. The van der Waals surface area contributed by atoms with Crippen LogP contribution in [0.25, 0.3) is 0 Å². The molecule has 0 aliphatic heterocycles. The molecule has 0 amide bonds. The van der Waals surface area contributed by atoms with Crippen molar-refractivity contribution in [3.63, 3.8) is 0 Å². The van der Waals surface area contributed by atoms with Gasteiger partial charge in [0.15, 0.2) is 25.0 Å². The van der Waals surface area contributed by atoms with E-state index >= 15 is 0 Å². The van der Waals surface area contributed by atoms with Gasteiger partial charge in [-0.05, 0) is 103 Å². The SMILES string of the molecule is CCCCCCCC[Si](C)(O[Si](C)(C)C)O[Si](C)(CCCOCCOCCOCCOC)O[Si](C)(CCCCCCCC[Si](C)(C)OC)O[Si](C)(C)C. The summed E-state index contributed by atoms with van der Waals surface area (Å²) in [6.07, 6.45) is 16.0. The summed E-state index contributed by atoms with van der Waals surface area (Å²) in [5, 5.41) is 0. The second kappa shape index (κ2) is 29.2. The molecule has 0 heterocycles. The maximum absolute atomic E-state index is 7.49. The fraction of sp³-hybridized carbons (Fsp3) is 1.00. The molecule has 3 atom stereocenters. The lowest BCUT2D eigenvalue weighted by molar-refractivity contribution is 0.00364. The Morgan fingerprint density at radius 1 is 0.340 bits per heavy atom. The van der Waals surface area contributed by atoms with Crippen LogP contribution < -0.4 is 0 Å². The van der Waals surface area contributed by atoms with Gasteiger partial charge in [0, 0.05) is 20.8 Å². The van der Waals surface area contributed by atoms with E-state index < -0.39 is 50.6 Å². The highest BCUT2D eigenvalue weighted by molar-refractivity contribution is 6.91. The predicted molar refractivity (Wildman–Crippen MR) is 240 cm³/mol. The summed E-state index contributed by atoms with van der Waals surface area (Å²) in [6.45, 7) is 31.8. The fourth-order valence-corrected chi connectivity index (χ4v) is 32.4. The molecule has 0 aromatic rings. The molecular weight excluding hydrogens is 769 g/mol. The second-order valence-corrected chi connectivity index (χ2v) is 42.5. The largest absolute Gasteiger partial charge is 0.437 e. The van der Waals surface area contributed by atoms with Crippen LogP contribution in [0.1, 0.15) is 90.4 Å². The minimum absolute atomic E-state index is 0.560. The lowest BCUT2D eigenvalue weighted by atomic mass is 10.1. The molecule has 9 nitrogen and oxygen atoms in total. The van der Waals surface area contributed by atoms with Gasteiger partial charge in [0.2, 0.25) is 0 Å². The molecule has 320 valence electrons. The van der Waals surface area contributed by atoms with E-state index in [4.69, 9.17) is 39.8 Å². The molecule has 53 heavy (non-hydrogen) atoms. The van der Waals surface area contributed by atoms with Crippen LogP contribution in [0.4, 0.5) is 0 Å². The van der Waals surface area contributed by atoms with Gasteiger partial charge in [0.1, 0.15) is 0 Å². The molecule has 15 heteroatoms. The molecule has 0 spiro atoms. The number of rotatable bonds is 38. The number of methoxy groups -OCH3 is 1. The lowest BCUT2D eigenvalue weighted by Crippen LogP contribution is -2.61. The molecule has 0 N–H and O–H groups in total. The van der Waals surface area contributed by atoms with Gasteiger partial charge in [-0.25, -0.2) is 0 Å². The molecular formula is C38H90O9Si6. The van der Waals surface area contributed by atoms with E-state index in [1.807, 2.05) is 7.11 Å². The molecule has 0 saturated carbocycles. The van der Waals surface area contributed by atoms with Crippen LogP contribution >= 0.6 is 0 Å². The first-order valence-corrected chi connectivity index (χ1v) is 38.8. The van der Waals surface area contributed by atoms with Crippen molar-refractivity contribution >= 4 is 50.6 Å². The normalized spacial score (nSPS) is 16.4. The lowest BCUT2D eigenvalue weighted by Gasteiger charge is -2.45.